The van der Waals surface area contributed by atoms with Crippen LogP contribution in [0.25, 0.3) is 92.9 Å². The number of fused-ring (bicyclic) bond motifs is 10. The predicted octanol–water partition coefficient (Wildman–Crippen LogP) is 15.3. The number of hydrogen-bond donors (Lipinski definition) is 0. The van der Waals surface area contributed by atoms with Crippen molar-refractivity contribution in [2.75, 3.05) is 4.90 Å². The number of nitrogens with zero attached hydrogens (tertiary/aromatic N) is 2. The minimum atomic E-state index is 0.874. The Morgan fingerprint density at radius 1 is 0.386 bits per heavy atom. The Balaban J connectivity index is 1.15. The SMILES string of the molecule is c1ccc(N(c2ccc3c4ccc5ccccc5c4n(-c4ccc(-c5cccc6ccccc56)cc4)c3c2)c2c3ccccc3cc3oc4ccccc4c23)cc1. The van der Waals surface area contributed by atoms with Crippen molar-refractivity contribution in [3.63, 3.8) is 0 Å². The van der Waals surface area contributed by atoms with Crippen LogP contribution in [-0.2, 0) is 0 Å². The second-order valence-electron chi connectivity index (χ2n) is 14.9. The molecule has 0 saturated heterocycles. The molecule has 266 valence electrons. The van der Waals surface area contributed by atoms with E-state index in [1.807, 2.05) is 6.07 Å². The number of furan rings is 1. The second kappa shape index (κ2) is 12.5. The van der Waals surface area contributed by atoms with Crippen LogP contribution in [0.4, 0.5) is 17.1 Å². The predicted molar refractivity (Wildman–Crippen MR) is 241 cm³/mol. The molecule has 12 rings (SSSR count). The van der Waals surface area contributed by atoms with Crippen molar-refractivity contribution in [2.45, 2.75) is 0 Å². The van der Waals surface area contributed by atoms with Crippen LogP contribution in [-0.4, -0.2) is 4.57 Å². The molecule has 10 aromatic carbocycles. The van der Waals surface area contributed by atoms with Gasteiger partial charge in [0.2, 0.25) is 0 Å². The van der Waals surface area contributed by atoms with Crippen LogP contribution in [0.2, 0.25) is 0 Å². The van der Waals surface area contributed by atoms with Crippen LogP contribution in [0.15, 0.2) is 211 Å². The molecule has 0 spiro atoms. The van der Waals surface area contributed by atoms with Crippen LogP contribution < -0.4 is 4.90 Å². The number of hydrogen-bond acceptors (Lipinski definition) is 2. The summed E-state index contributed by atoms with van der Waals surface area (Å²) in [6.07, 6.45) is 0. The number of rotatable bonds is 5. The van der Waals surface area contributed by atoms with Crippen molar-refractivity contribution in [2.24, 2.45) is 0 Å². The average Bonchev–Trinajstić information content (AvgIpc) is 3.82. The first-order valence-electron chi connectivity index (χ1n) is 19.5. The summed E-state index contributed by atoms with van der Waals surface area (Å²) in [5.41, 5.74) is 10.9. The molecule has 0 atom stereocenters. The molecule has 0 fully saturated rings. The fraction of sp³-hybridized carbons (Fsp3) is 0. The Morgan fingerprint density at radius 2 is 1.04 bits per heavy atom. The number of aromatic nitrogens is 1. The minimum Gasteiger partial charge on any atom is -0.456 e. The zero-order valence-electron chi connectivity index (χ0n) is 30.9. The Kier molecular flexibility index (Phi) is 6.93. The molecule has 0 aliphatic rings. The summed E-state index contributed by atoms with van der Waals surface area (Å²) in [6.45, 7) is 0. The van der Waals surface area contributed by atoms with Crippen LogP contribution in [0, 0.1) is 0 Å². The van der Waals surface area contributed by atoms with Crippen LogP contribution >= 0.6 is 0 Å². The number of anilines is 3. The van der Waals surface area contributed by atoms with Gasteiger partial charge in [0.05, 0.1) is 22.1 Å². The zero-order chi connectivity index (χ0) is 37.5. The first-order chi connectivity index (χ1) is 28.3. The summed E-state index contributed by atoms with van der Waals surface area (Å²) in [5.74, 6) is 0. The maximum absolute atomic E-state index is 6.59. The van der Waals surface area contributed by atoms with Gasteiger partial charge in [0.1, 0.15) is 11.2 Å². The fourth-order valence-electron chi connectivity index (χ4n) is 9.18. The summed E-state index contributed by atoms with van der Waals surface area (Å²) < 4.78 is 9.06. The standard InChI is InChI=1S/C54H34N2O/c1-2-17-39(18-3-1)55(54-45-21-9-6-15-38(45)33-51-52(54)48-22-10-11-24-50(48)57-51)41-30-32-46-47-31-27-36-14-5-8-20-44(36)53(47)56(49(46)34-41)40-28-25-37(26-29-40)43-23-12-16-35-13-4-7-19-42(35)43/h1-34H. The van der Waals surface area contributed by atoms with Crippen LogP contribution in [0.3, 0.4) is 0 Å². The normalized spacial score (nSPS) is 11.9. The van der Waals surface area contributed by atoms with E-state index in [2.05, 4.69) is 210 Å². The van der Waals surface area contributed by atoms with Crippen molar-refractivity contribution in [3.05, 3.63) is 206 Å². The van der Waals surface area contributed by atoms with Gasteiger partial charge < -0.3 is 13.9 Å². The molecule has 57 heavy (non-hydrogen) atoms. The minimum absolute atomic E-state index is 0.874. The van der Waals surface area contributed by atoms with Gasteiger partial charge in [0, 0.05) is 44.0 Å². The lowest BCUT2D eigenvalue weighted by molar-refractivity contribution is 0.669. The van der Waals surface area contributed by atoms with Gasteiger partial charge in [-0.3, -0.25) is 0 Å². The molecule has 0 aliphatic heterocycles. The van der Waals surface area contributed by atoms with Gasteiger partial charge in [0.25, 0.3) is 0 Å². The first-order valence-corrected chi connectivity index (χ1v) is 19.5. The van der Waals surface area contributed by atoms with E-state index in [1.165, 1.54) is 49.0 Å². The lowest BCUT2D eigenvalue weighted by Gasteiger charge is -2.28. The van der Waals surface area contributed by atoms with E-state index in [4.69, 9.17) is 4.42 Å². The summed E-state index contributed by atoms with van der Waals surface area (Å²) in [4.78, 5) is 2.43. The highest BCUT2D eigenvalue weighted by molar-refractivity contribution is 6.23. The maximum atomic E-state index is 6.59. The first kappa shape index (κ1) is 31.7. The third-order valence-corrected chi connectivity index (χ3v) is 11.7. The largest absolute Gasteiger partial charge is 0.456 e. The number of para-hydroxylation sites is 2. The van der Waals surface area contributed by atoms with Crippen molar-refractivity contribution >= 4 is 93.1 Å². The monoisotopic (exact) mass is 726 g/mol. The number of benzene rings is 10. The molecule has 0 unspecified atom stereocenters. The topological polar surface area (TPSA) is 21.3 Å². The van der Waals surface area contributed by atoms with E-state index in [0.29, 0.717) is 0 Å². The smallest absolute Gasteiger partial charge is 0.138 e. The van der Waals surface area contributed by atoms with Crippen LogP contribution in [0.5, 0.6) is 0 Å². The lowest BCUT2D eigenvalue weighted by Crippen LogP contribution is -2.11. The highest BCUT2D eigenvalue weighted by Gasteiger charge is 2.24. The molecule has 0 amide bonds. The van der Waals surface area contributed by atoms with Crippen LogP contribution in [0.1, 0.15) is 0 Å². The molecular formula is C54H34N2O. The van der Waals surface area contributed by atoms with Gasteiger partial charge in [0.15, 0.2) is 0 Å². The molecule has 0 radical (unpaired) electrons. The van der Waals surface area contributed by atoms with Gasteiger partial charge in [-0.1, -0.05) is 158 Å². The molecule has 0 bridgehead atoms. The second-order valence-corrected chi connectivity index (χ2v) is 14.9. The molecule has 2 heterocycles. The average molecular weight is 727 g/mol. The highest BCUT2D eigenvalue weighted by atomic mass is 16.3. The van der Waals surface area contributed by atoms with E-state index in [0.717, 1.165) is 61.0 Å². The van der Waals surface area contributed by atoms with Gasteiger partial charge in [-0.25, -0.2) is 0 Å². The summed E-state index contributed by atoms with van der Waals surface area (Å²) >= 11 is 0. The highest BCUT2D eigenvalue weighted by Crippen LogP contribution is 2.48. The summed E-state index contributed by atoms with van der Waals surface area (Å²) in [5, 5.41) is 11.9. The van der Waals surface area contributed by atoms with Crippen molar-refractivity contribution < 1.29 is 4.42 Å². The van der Waals surface area contributed by atoms with Gasteiger partial charge in [-0.15, -0.1) is 0 Å². The Bertz CT molecular complexity index is 3520. The molecule has 0 aliphatic carbocycles. The molecule has 0 saturated carbocycles. The van der Waals surface area contributed by atoms with E-state index in [1.54, 1.807) is 0 Å². The van der Waals surface area contributed by atoms with E-state index >= 15 is 0 Å². The quantitative estimate of drug-likeness (QED) is 0.176. The van der Waals surface area contributed by atoms with E-state index < -0.39 is 0 Å². The molecule has 12 aromatic rings. The Morgan fingerprint density at radius 3 is 1.86 bits per heavy atom. The van der Waals surface area contributed by atoms with E-state index in [-0.39, 0.29) is 0 Å². The van der Waals surface area contributed by atoms with Gasteiger partial charge in [-0.2, -0.15) is 0 Å². The van der Waals surface area contributed by atoms with Crippen molar-refractivity contribution in [1.29, 1.82) is 0 Å². The lowest BCUT2D eigenvalue weighted by atomic mass is 9.98. The Hall–Kier alpha value is -7.62. The fourth-order valence-corrected chi connectivity index (χ4v) is 9.18. The molecule has 0 N–H and O–H groups in total. The summed E-state index contributed by atoms with van der Waals surface area (Å²) in [7, 11) is 0. The van der Waals surface area contributed by atoms with Crippen molar-refractivity contribution in [1.82, 2.24) is 4.57 Å². The summed E-state index contributed by atoms with van der Waals surface area (Å²) in [6, 6.07) is 74.6. The third-order valence-electron chi connectivity index (χ3n) is 11.7. The maximum Gasteiger partial charge on any atom is 0.138 e. The zero-order valence-corrected chi connectivity index (χ0v) is 30.9. The Labute approximate surface area is 328 Å². The molecule has 2 aromatic heterocycles. The molecular weight excluding hydrogens is 693 g/mol. The third kappa shape index (κ3) is 4.86. The van der Waals surface area contributed by atoms with Gasteiger partial charge >= 0.3 is 0 Å². The van der Waals surface area contributed by atoms with Gasteiger partial charge in [-0.05, 0) is 81.2 Å². The van der Waals surface area contributed by atoms with E-state index in [9.17, 15) is 0 Å². The molecule has 3 heteroatoms. The van der Waals surface area contributed by atoms with Crippen molar-refractivity contribution in [3.8, 4) is 16.8 Å². The molecule has 3 nitrogen and oxygen atoms in total.